The van der Waals surface area contributed by atoms with Crippen LogP contribution < -0.4 is 5.73 Å². The summed E-state index contributed by atoms with van der Waals surface area (Å²) in [6, 6.07) is 1.69. The molecule has 1 aromatic rings. The molecule has 2 amide bonds. The maximum atomic E-state index is 12.7. The molecule has 0 aliphatic carbocycles. The number of nitrogens with two attached hydrogens (primary N) is 1. The topological polar surface area (TPSA) is 85.8 Å². The molecule has 2 heterocycles. The molecule has 0 saturated carbocycles. The first-order valence-electron chi connectivity index (χ1n) is 6.60. The molecule has 1 aliphatic heterocycles. The lowest BCUT2D eigenvalue weighted by atomic mass is 9.95. The molecule has 1 aromatic heterocycles. The highest BCUT2D eigenvalue weighted by Gasteiger charge is 2.49. The zero-order valence-corrected chi connectivity index (χ0v) is 12.1. The third kappa shape index (κ3) is 2.20. The van der Waals surface area contributed by atoms with Crippen LogP contribution in [0, 0.1) is 13.8 Å². The van der Waals surface area contributed by atoms with Gasteiger partial charge in [-0.15, -0.1) is 0 Å². The number of carbonyl (C=O) groups is 2. The van der Waals surface area contributed by atoms with E-state index in [1.54, 1.807) is 19.9 Å². The molecule has 0 spiro atoms. The number of amides is 2. The Morgan fingerprint density at radius 3 is 2.70 bits per heavy atom. The van der Waals surface area contributed by atoms with Gasteiger partial charge in [-0.05, 0) is 32.8 Å². The number of furan rings is 1. The van der Waals surface area contributed by atoms with Crippen molar-refractivity contribution >= 4 is 11.8 Å². The minimum Gasteiger partial charge on any atom is -0.466 e. The van der Waals surface area contributed by atoms with Crippen molar-refractivity contribution in [2.45, 2.75) is 32.2 Å². The van der Waals surface area contributed by atoms with Gasteiger partial charge in [0.1, 0.15) is 17.1 Å². The van der Waals surface area contributed by atoms with Gasteiger partial charge in [0, 0.05) is 13.7 Å². The van der Waals surface area contributed by atoms with Crippen molar-refractivity contribution in [3.8, 4) is 0 Å². The van der Waals surface area contributed by atoms with E-state index in [0.29, 0.717) is 30.0 Å². The minimum absolute atomic E-state index is 0.115. The Kier molecular flexibility index (Phi) is 3.85. The first kappa shape index (κ1) is 14.6. The summed E-state index contributed by atoms with van der Waals surface area (Å²) in [4.78, 5) is 26.1. The fraction of sp³-hybridized carbons (Fsp3) is 0.571. The Labute approximate surface area is 117 Å². The van der Waals surface area contributed by atoms with E-state index in [1.165, 1.54) is 12.0 Å². The van der Waals surface area contributed by atoms with Gasteiger partial charge in [-0.25, -0.2) is 0 Å². The highest BCUT2D eigenvalue weighted by molar-refractivity contribution is 6.00. The van der Waals surface area contributed by atoms with Crippen LogP contribution in [0.25, 0.3) is 0 Å². The number of methoxy groups -OCH3 is 1. The fourth-order valence-electron chi connectivity index (χ4n) is 2.88. The fourth-order valence-corrected chi connectivity index (χ4v) is 2.88. The zero-order chi connectivity index (χ0) is 14.9. The van der Waals surface area contributed by atoms with Crippen LogP contribution in [0.1, 0.15) is 34.7 Å². The number of primary amides is 1. The van der Waals surface area contributed by atoms with E-state index >= 15 is 0 Å². The molecule has 110 valence electrons. The van der Waals surface area contributed by atoms with Gasteiger partial charge in [-0.3, -0.25) is 9.59 Å². The summed E-state index contributed by atoms with van der Waals surface area (Å²) in [6.07, 6.45) is 1.26. The molecule has 6 nitrogen and oxygen atoms in total. The molecular weight excluding hydrogens is 260 g/mol. The Bertz CT molecular complexity index is 537. The highest BCUT2D eigenvalue weighted by atomic mass is 16.5. The van der Waals surface area contributed by atoms with Gasteiger partial charge >= 0.3 is 0 Å². The number of aryl methyl sites for hydroxylation is 2. The Balaban J connectivity index is 2.37. The summed E-state index contributed by atoms with van der Waals surface area (Å²) in [6.45, 7) is 4.13. The van der Waals surface area contributed by atoms with Gasteiger partial charge in [0.2, 0.25) is 5.91 Å². The molecule has 1 fully saturated rings. The second-order valence-corrected chi connectivity index (χ2v) is 5.22. The number of carbonyl (C=O) groups excluding carboxylic acids is 2. The van der Waals surface area contributed by atoms with Gasteiger partial charge in [-0.1, -0.05) is 0 Å². The Morgan fingerprint density at radius 1 is 1.50 bits per heavy atom. The molecule has 1 atom stereocenters. The number of ether oxygens (including phenoxy) is 1. The molecule has 20 heavy (non-hydrogen) atoms. The third-order valence-electron chi connectivity index (χ3n) is 3.85. The molecule has 1 aliphatic rings. The predicted octanol–water partition coefficient (Wildman–Crippen LogP) is 1.00. The van der Waals surface area contributed by atoms with E-state index in [1.807, 2.05) is 0 Å². The third-order valence-corrected chi connectivity index (χ3v) is 3.85. The molecule has 1 unspecified atom stereocenters. The quantitative estimate of drug-likeness (QED) is 0.891. The maximum absolute atomic E-state index is 12.7. The van der Waals surface area contributed by atoms with Crippen LogP contribution >= 0.6 is 0 Å². The van der Waals surface area contributed by atoms with Crippen molar-refractivity contribution < 1.29 is 18.7 Å². The minimum atomic E-state index is -1.05. The van der Waals surface area contributed by atoms with Crippen LogP contribution in [0.4, 0.5) is 0 Å². The number of likely N-dealkylation sites (tertiary alicyclic amines) is 1. The van der Waals surface area contributed by atoms with Gasteiger partial charge in [0.15, 0.2) is 0 Å². The van der Waals surface area contributed by atoms with Crippen molar-refractivity contribution in [2.24, 2.45) is 5.73 Å². The number of hydrogen-bond acceptors (Lipinski definition) is 4. The van der Waals surface area contributed by atoms with Gasteiger partial charge in [0.05, 0.1) is 12.2 Å². The smallest absolute Gasteiger partial charge is 0.258 e. The van der Waals surface area contributed by atoms with Gasteiger partial charge < -0.3 is 19.8 Å². The Hall–Kier alpha value is -1.82. The number of hydrogen-bond donors (Lipinski definition) is 1. The molecule has 2 N–H and O–H groups in total. The number of nitrogens with zero attached hydrogens (tertiary/aromatic N) is 1. The first-order chi connectivity index (χ1) is 9.42. The lowest BCUT2D eigenvalue weighted by Crippen LogP contribution is -2.58. The van der Waals surface area contributed by atoms with Crippen molar-refractivity contribution in [1.29, 1.82) is 0 Å². The summed E-state index contributed by atoms with van der Waals surface area (Å²) in [5.41, 5.74) is 4.96. The van der Waals surface area contributed by atoms with E-state index < -0.39 is 11.4 Å². The highest BCUT2D eigenvalue weighted by Crippen LogP contribution is 2.32. The summed E-state index contributed by atoms with van der Waals surface area (Å²) >= 11 is 0. The molecule has 0 radical (unpaired) electrons. The normalized spacial score (nSPS) is 22.2. The molecule has 0 bridgehead atoms. The molecule has 6 heteroatoms. The average Bonchev–Trinajstić information content (AvgIpc) is 2.93. The van der Waals surface area contributed by atoms with Crippen LogP contribution in [0.15, 0.2) is 10.5 Å². The monoisotopic (exact) mass is 280 g/mol. The maximum Gasteiger partial charge on any atom is 0.258 e. The lowest BCUT2D eigenvalue weighted by molar-refractivity contribution is -0.130. The van der Waals surface area contributed by atoms with Gasteiger partial charge in [-0.2, -0.15) is 0 Å². The van der Waals surface area contributed by atoms with Gasteiger partial charge in [0.25, 0.3) is 5.91 Å². The second kappa shape index (κ2) is 5.28. The predicted molar refractivity (Wildman–Crippen MR) is 72.3 cm³/mol. The summed E-state index contributed by atoms with van der Waals surface area (Å²) in [5, 5.41) is 0. The summed E-state index contributed by atoms with van der Waals surface area (Å²) in [5.74, 6) is 0.465. The summed E-state index contributed by atoms with van der Waals surface area (Å²) in [7, 11) is 1.50. The van der Waals surface area contributed by atoms with E-state index in [2.05, 4.69) is 0 Å². The largest absolute Gasteiger partial charge is 0.466 e. The molecule has 2 rings (SSSR count). The van der Waals surface area contributed by atoms with E-state index in [4.69, 9.17) is 14.9 Å². The molecular formula is C14H20N2O4. The van der Waals surface area contributed by atoms with Crippen LogP contribution in [-0.2, 0) is 9.53 Å². The average molecular weight is 280 g/mol. The SMILES string of the molecule is COCC1(C(N)=O)CCCN1C(=O)c1cc(C)oc1C. The van der Waals surface area contributed by atoms with Crippen LogP contribution in [0.2, 0.25) is 0 Å². The van der Waals surface area contributed by atoms with Crippen LogP contribution in [0.5, 0.6) is 0 Å². The van der Waals surface area contributed by atoms with Crippen LogP contribution in [0.3, 0.4) is 0 Å². The van der Waals surface area contributed by atoms with Crippen molar-refractivity contribution in [2.75, 3.05) is 20.3 Å². The van der Waals surface area contributed by atoms with E-state index in [-0.39, 0.29) is 12.5 Å². The van der Waals surface area contributed by atoms with E-state index in [9.17, 15) is 9.59 Å². The second-order valence-electron chi connectivity index (χ2n) is 5.22. The zero-order valence-electron chi connectivity index (χ0n) is 12.1. The molecule has 0 aromatic carbocycles. The lowest BCUT2D eigenvalue weighted by Gasteiger charge is -2.35. The van der Waals surface area contributed by atoms with E-state index in [0.717, 1.165) is 6.42 Å². The Morgan fingerprint density at radius 2 is 2.20 bits per heavy atom. The van der Waals surface area contributed by atoms with Crippen molar-refractivity contribution in [3.05, 3.63) is 23.2 Å². The standard InChI is InChI=1S/C14H20N2O4/c1-9-7-11(10(2)20-9)12(17)16-6-4-5-14(16,8-19-3)13(15)18/h7H,4-6,8H2,1-3H3,(H2,15,18). The summed E-state index contributed by atoms with van der Waals surface area (Å²) < 4.78 is 10.5. The first-order valence-corrected chi connectivity index (χ1v) is 6.60. The number of rotatable bonds is 4. The molecule has 1 saturated heterocycles. The van der Waals surface area contributed by atoms with Crippen LogP contribution in [-0.4, -0.2) is 42.5 Å². The van der Waals surface area contributed by atoms with Crippen molar-refractivity contribution in [1.82, 2.24) is 4.90 Å². The van der Waals surface area contributed by atoms with Crippen molar-refractivity contribution in [3.63, 3.8) is 0 Å².